The van der Waals surface area contributed by atoms with Crippen LogP contribution >= 0.6 is 0 Å². The fourth-order valence-corrected chi connectivity index (χ4v) is 3.61. The van der Waals surface area contributed by atoms with Crippen molar-refractivity contribution in [3.63, 3.8) is 0 Å². The normalized spacial score (nSPS) is 21.9. The lowest BCUT2D eigenvalue weighted by Gasteiger charge is -2.35. The van der Waals surface area contributed by atoms with Crippen molar-refractivity contribution in [2.24, 2.45) is 5.92 Å². The number of hydrogen-bond acceptors (Lipinski definition) is 3. The summed E-state index contributed by atoms with van der Waals surface area (Å²) in [5, 5.41) is 0. The minimum atomic E-state index is -0.000468. The van der Waals surface area contributed by atoms with Crippen molar-refractivity contribution in [2.45, 2.75) is 33.1 Å². The number of benzene rings is 1. The van der Waals surface area contributed by atoms with Crippen molar-refractivity contribution in [1.29, 1.82) is 0 Å². The monoisotopic (exact) mass is 330 g/mol. The van der Waals surface area contributed by atoms with Gasteiger partial charge in [-0.15, -0.1) is 0 Å². The fourth-order valence-electron chi connectivity index (χ4n) is 3.61. The van der Waals surface area contributed by atoms with E-state index < -0.39 is 0 Å². The molecule has 0 bridgehead atoms. The van der Waals surface area contributed by atoms with Crippen molar-refractivity contribution in [1.82, 2.24) is 4.90 Å². The number of carbonyl (C=O) groups excluding carboxylic acids is 2. The van der Waals surface area contributed by atoms with Crippen LogP contribution in [-0.4, -0.2) is 49.6 Å². The van der Waals surface area contributed by atoms with Gasteiger partial charge in [-0.25, -0.2) is 0 Å². The molecular weight excluding hydrogens is 304 g/mol. The van der Waals surface area contributed by atoms with Gasteiger partial charge in [0.05, 0.1) is 0 Å². The van der Waals surface area contributed by atoms with Crippen LogP contribution in [0.25, 0.3) is 0 Å². The highest BCUT2D eigenvalue weighted by molar-refractivity contribution is 5.98. The molecule has 2 heterocycles. The zero-order valence-electron chi connectivity index (χ0n) is 14.6. The Morgan fingerprint density at radius 2 is 1.96 bits per heavy atom. The lowest BCUT2D eigenvalue weighted by atomic mass is 9.98. The summed E-state index contributed by atoms with van der Waals surface area (Å²) in [6, 6.07) is 6.16. The summed E-state index contributed by atoms with van der Waals surface area (Å²) in [6.45, 7) is 6.89. The molecule has 0 aromatic heterocycles. The number of piperazine rings is 1. The van der Waals surface area contributed by atoms with Crippen LogP contribution in [0.3, 0.4) is 0 Å². The van der Waals surface area contributed by atoms with E-state index in [1.807, 2.05) is 26.0 Å². The highest BCUT2D eigenvalue weighted by Gasteiger charge is 2.29. The van der Waals surface area contributed by atoms with Gasteiger partial charge in [-0.1, -0.05) is 6.07 Å². The van der Waals surface area contributed by atoms with E-state index in [1.54, 1.807) is 9.80 Å². The van der Waals surface area contributed by atoms with Gasteiger partial charge in [-0.05, 0) is 55.9 Å². The third-order valence-corrected chi connectivity index (χ3v) is 4.81. The zero-order valence-corrected chi connectivity index (χ0v) is 14.6. The first-order valence-corrected chi connectivity index (χ1v) is 8.77. The van der Waals surface area contributed by atoms with E-state index in [9.17, 15) is 9.59 Å². The summed E-state index contributed by atoms with van der Waals surface area (Å²) in [4.78, 5) is 28.5. The maximum Gasteiger partial charge on any atom is 0.246 e. The van der Waals surface area contributed by atoms with Crippen LogP contribution in [-0.2, 0) is 14.3 Å². The highest BCUT2D eigenvalue weighted by atomic mass is 16.5. The number of ether oxygens (including phenoxy) is 1. The van der Waals surface area contributed by atoms with Crippen LogP contribution < -0.4 is 4.90 Å². The van der Waals surface area contributed by atoms with Crippen molar-refractivity contribution < 1.29 is 14.3 Å². The molecule has 1 aromatic carbocycles. The molecule has 0 aliphatic carbocycles. The Bertz CT molecular complexity index is 603. The molecule has 1 aromatic rings. The number of rotatable bonds is 3. The zero-order chi connectivity index (χ0) is 17.1. The summed E-state index contributed by atoms with van der Waals surface area (Å²) in [6.07, 6.45) is 2.57. The molecule has 2 amide bonds. The molecule has 1 unspecified atom stereocenters. The molecule has 24 heavy (non-hydrogen) atoms. The van der Waals surface area contributed by atoms with E-state index in [2.05, 4.69) is 6.07 Å². The first-order valence-electron chi connectivity index (χ1n) is 8.77. The number of carbonyl (C=O) groups is 2. The number of amides is 2. The second-order valence-electron chi connectivity index (χ2n) is 6.99. The van der Waals surface area contributed by atoms with Crippen LogP contribution in [0.4, 0.5) is 5.69 Å². The van der Waals surface area contributed by atoms with Gasteiger partial charge in [0.15, 0.2) is 0 Å². The number of hydrogen-bond donors (Lipinski definition) is 0. The van der Waals surface area contributed by atoms with Crippen LogP contribution in [0.15, 0.2) is 18.2 Å². The van der Waals surface area contributed by atoms with Gasteiger partial charge >= 0.3 is 0 Å². The van der Waals surface area contributed by atoms with Crippen LogP contribution in [0.2, 0.25) is 0 Å². The van der Waals surface area contributed by atoms with Crippen LogP contribution in [0.1, 0.15) is 30.4 Å². The molecule has 2 fully saturated rings. The number of anilines is 1. The molecule has 0 N–H and O–H groups in total. The largest absolute Gasteiger partial charge is 0.381 e. The van der Waals surface area contributed by atoms with E-state index in [1.165, 1.54) is 0 Å². The molecule has 2 saturated heterocycles. The predicted octanol–water partition coefficient (Wildman–Crippen LogP) is 2.30. The smallest absolute Gasteiger partial charge is 0.246 e. The van der Waals surface area contributed by atoms with Crippen molar-refractivity contribution >= 4 is 17.5 Å². The van der Waals surface area contributed by atoms with Gasteiger partial charge in [-0.2, -0.15) is 0 Å². The minimum Gasteiger partial charge on any atom is -0.381 e. The minimum absolute atomic E-state index is 0.000468. The summed E-state index contributed by atoms with van der Waals surface area (Å²) < 4.78 is 5.44. The summed E-state index contributed by atoms with van der Waals surface area (Å²) in [7, 11) is 0. The summed E-state index contributed by atoms with van der Waals surface area (Å²) in [5.74, 6) is 0.386. The van der Waals surface area contributed by atoms with Crippen LogP contribution in [0.5, 0.6) is 0 Å². The molecule has 130 valence electrons. The highest BCUT2D eigenvalue weighted by Crippen LogP contribution is 2.22. The Labute approximate surface area is 143 Å². The maximum atomic E-state index is 12.5. The molecule has 0 spiro atoms. The first kappa shape index (κ1) is 17.0. The summed E-state index contributed by atoms with van der Waals surface area (Å²) in [5.41, 5.74) is 3.23. The predicted molar refractivity (Wildman–Crippen MR) is 93.0 cm³/mol. The molecular formula is C19H26N2O3. The molecule has 0 radical (unpaired) electrons. The van der Waals surface area contributed by atoms with E-state index in [-0.39, 0.29) is 18.4 Å². The second kappa shape index (κ2) is 7.34. The molecule has 2 aliphatic heterocycles. The lowest BCUT2D eigenvalue weighted by molar-refractivity contribution is -0.138. The second-order valence-corrected chi connectivity index (χ2v) is 6.99. The Morgan fingerprint density at radius 3 is 2.58 bits per heavy atom. The number of nitrogens with zero attached hydrogens (tertiary/aromatic N) is 2. The molecule has 2 aliphatic rings. The summed E-state index contributed by atoms with van der Waals surface area (Å²) >= 11 is 0. The van der Waals surface area contributed by atoms with Gasteiger partial charge in [0.2, 0.25) is 11.8 Å². The standard InChI is InChI=1S/C19H26N2O3/c1-14-8-15(2)10-17(9-14)21-6-5-20(12-19(21)23)18(22)11-16-4-3-7-24-13-16/h8-10,16H,3-7,11-13H2,1-2H3. The molecule has 0 saturated carbocycles. The SMILES string of the molecule is Cc1cc(C)cc(N2CCN(C(=O)CC3CCCOC3)CC2=O)c1. The van der Waals surface area contributed by atoms with Gasteiger partial charge in [-0.3, -0.25) is 9.59 Å². The Morgan fingerprint density at radius 1 is 1.21 bits per heavy atom. The lowest BCUT2D eigenvalue weighted by Crippen LogP contribution is -2.52. The van der Waals surface area contributed by atoms with E-state index in [0.29, 0.717) is 32.0 Å². The van der Waals surface area contributed by atoms with E-state index in [4.69, 9.17) is 4.74 Å². The Hall–Kier alpha value is -1.88. The maximum absolute atomic E-state index is 12.5. The topological polar surface area (TPSA) is 49.9 Å². The first-order chi connectivity index (χ1) is 11.5. The molecule has 5 heteroatoms. The average Bonchev–Trinajstić information content (AvgIpc) is 2.54. The molecule has 3 rings (SSSR count). The third kappa shape index (κ3) is 3.96. The van der Waals surface area contributed by atoms with E-state index >= 15 is 0 Å². The van der Waals surface area contributed by atoms with Crippen molar-refractivity contribution in [3.05, 3.63) is 29.3 Å². The van der Waals surface area contributed by atoms with Gasteiger partial charge in [0.25, 0.3) is 0 Å². The molecule has 5 nitrogen and oxygen atoms in total. The third-order valence-electron chi connectivity index (χ3n) is 4.81. The van der Waals surface area contributed by atoms with Crippen LogP contribution in [0, 0.1) is 19.8 Å². The van der Waals surface area contributed by atoms with E-state index in [0.717, 1.165) is 36.3 Å². The Kier molecular flexibility index (Phi) is 5.19. The van der Waals surface area contributed by atoms with Crippen molar-refractivity contribution in [2.75, 3.05) is 37.7 Å². The van der Waals surface area contributed by atoms with Gasteiger partial charge in [0, 0.05) is 38.4 Å². The van der Waals surface area contributed by atoms with Gasteiger partial charge < -0.3 is 14.5 Å². The average molecular weight is 330 g/mol. The Balaban J connectivity index is 1.60. The van der Waals surface area contributed by atoms with Gasteiger partial charge in [0.1, 0.15) is 6.54 Å². The fraction of sp³-hybridized carbons (Fsp3) is 0.579. The quantitative estimate of drug-likeness (QED) is 0.854. The number of aryl methyl sites for hydroxylation is 2. The van der Waals surface area contributed by atoms with Crippen molar-refractivity contribution in [3.8, 4) is 0 Å². The molecule has 1 atom stereocenters.